The van der Waals surface area contributed by atoms with E-state index in [0.717, 1.165) is 11.1 Å². The molecule has 2 aromatic carbocycles. The molecule has 0 amide bonds. The molecule has 0 unspecified atom stereocenters. The van der Waals surface area contributed by atoms with Crippen molar-refractivity contribution in [2.75, 3.05) is 31.5 Å². The van der Waals surface area contributed by atoms with Crippen LogP contribution >= 0.6 is 0 Å². The molecule has 7 heteroatoms. The molecule has 0 heterocycles. The van der Waals surface area contributed by atoms with E-state index in [0.29, 0.717) is 29.4 Å². The number of aryl methyl sites for hydroxylation is 1. The first-order chi connectivity index (χ1) is 12.6. The van der Waals surface area contributed by atoms with Gasteiger partial charge < -0.3 is 15.2 Å². The average Bonchev–Trinajstić information content (AvgIpc) is 2.56. The number of nitrogens with two attached hydrogens (primary N) is 1. The number of nitrogen functional groups attached to an aromatic ring is 1. The van der Waals surface area contributed by atoms with E-state index in [1.54, 1.807) is 31.2 Å². The Hall–Kier alpha value is -2.28. The molecule has 0 fully saturated rings. The summed E-state index contributed by atoms with van der Waals surface area (Å²) >= 11 is 0. The fourth-order valence-corrected chi connectivity index (χ4v) is 4.16. The molecule has 0 saturated carbocycles. The number of anilines is 1. The highest BCUT2D eigenvalue weighted by Crippen LogP contribution is 2.34. The van der Waals surface area contributed by atoms with E-state index < -0.39 is 21.6 Å². The molecule has 0 aliphatic rings. The van der Waals surface area contributed by atoms with Crippen molar-refractivity contribution in [2.24, 2.45) is 0 Å². The van der Waals surface area contributed by atoms with Crippen molar-refractivity contribution in [3.05, 3.63) is 52.8 Å². The Balaban J connectivity index is 2.48. The summed E-state index contributed by atoms with van der Waals surface area (Å²) in [5.74, 6) is 0.0553. The number of halogens is 1. The molecule has 0 aromatic heterocycles. The third-order valence-electron chi connectivity index (χ3n) is 4.29. The number of benzene rings is 2. The summed E-state index contributed by atoms with van der Waals surface area (Å²) in [6.07, 6.45) is 1.34. The zero-order valence-electron chi connectivity index (χ0n) is 16.1. The van der Waals surface area contributed by atoms with Crippen LogP contribution in [0.4, 0.5) is 10.1 Å². The van der Waals surface area contributed by atoms with Gasteiger partial charge in [-0.05, 0) is 55.7 Å². The molecule has 0 aliphatic carbocycles. The van der Waals surface area contributed by atoms with Gasteiger partial charge in [-0.1, -0.05) is 6.07 Å². The Morgan fingerprint density at radius 3 is 2.44 bits per heavy atom. The van der Waals surface area contributed by atoms with Gasteiger partial charge in [-0.15, -0.1) is 0 Å². The first-order valence-electron chi connectivity index (χ1n) is 8.67. The van der Waals surface area contributed by atoms with Crippen LogP contribution in [-0.2, 0) is 16.3 Å². The minimum Gasteiger partial charge on any atom is -0.493 e. The van der Waals surface area contributed by atoms with Crippen LogP contribution in [0.1, 0.15) is 29.5 Å². The maximum Gasteiger partial charge on any atom is 0.161 e. The molecule has 148 valence electrons. The van der Waals surface area contributed by atoms with Crippen LogP contribution in [0.25, 0.3) is 0 Å². The van der Waals surface area contributed by atoms with Crippen LogP contribution in [-0.4, -0.2) is 34.1 Å². The van der Waals surface area contributed by atoms with E-state index in [4.69, 9.17) is 15.2 Å². The Kier molecular flexibility index (Phi) is 6.70. The van der Waals surface area contributed by atoms with Crippen LogP contribution < -0.4 is 15.2 Å². The predicted molar refractivity (Wildman–Crippen MR) is 106 cm³/mol. The van der Waals surface area contributed by atoms with E-state index in [1.165, 1.54) is 19.4 Å². The second kappa shape index (κ2) is 8.61. The predicted octanol–water partition coefficient (Wildman–Crippen LogP) is 3.49. The topological polar surface area (TPSA) is 78.6 Å². The number of ether oxygens (including phenoxy) is 2. The molecule has 0 aliphatic heterocycles. The van der Waals surface area contributed by atoms with Gasteiger partial charge >= 0.3 is 0 Å². The second-order valence-electron chi connectivity index (χ2n) is 6.65. The van der Waals surface area contributed by atoms with Gasteiger partial charge in [0.25, 0.3) is 0 Å². The molecule has 2 rings (SSSR count). The lowest BCUT2D eigenvalue weighted by Gasteiger charge is -2.20. The van der Waals surface area contributed by atoms with Gasteiger partial charge in [-0.3, -0.25) is 0 Å². The van der Waals surface area contributed by atoms with Gasteiger partial charge in [-0.25, -0.2) is 12.8 Å². The van der Waals surface area contributed by atoms with E-state index in [9.17, 15) is 12.8 Å². The Morgan fingerprint density at radius 2 is 1.89 bits per heavy atom. The van der Waals surface area contributed by atoms with Crippen LogP contribution in [0.15, 0.2) is 30.3 Å². The lowest BCUT2D eigenvalue weighted by Crippen LogP contribution is -2.17. The maximum absolute atomic E-state index is 14.5. The molecule has 5 nitrogen and oxygen atoms in total. The molecule has 2 N–H and O–H groups in total. The number of sulfone groups is 1. The van der Waals surface area contributed by atoms with Crippen molar-refractivity contribution in [1.29, 1.82) is 0 Å². The summed E-state index contributed by atoms with van der Waals surface area (Å²) in [7, 11) is -1.77. The summed E-state index contributed by atoms with van der Waals surface area (Å²) in [5.41, 5.74) is 8.09. The quantitative estimate of drug-likeness (QED) is 0.692. The average molecular weight is 395 g/mol. The molecular weight excluding hydrogens is 369 g/mol. The molecule has 27 heavy (non-hydrogen) atoms. The van der Waals surface area contributed by atoms with Crippen LogP contribution in [0.3, 0.4) is 0 Å². The van der Waals surface area contributed by atoms with Crippen molar-refractivity contribution in [3.8, 4) is 11.5 Å². The second-order valence-corrected chi connectivity index (χ2v) is 8.84. The molecule has 1 atom stereocenters. The zero-order chi connectivity index (χ0) is 20.2. The van der Waals surface area contributed by atoms with Gasteiger partial charge in [0.15, 0.2) is 11.5 Å². The summed E-state index contributed by atoms with van der Waals surface area (Å²) in [6, 6.07) is 8.35. The zero-order valence-corrected chi connectivity index (χ0v) is 16.9. The Labute approximate surface area is 160 Å². The SMILES string of the molecule is CCOc1cc([C@H](Cc2c(N)cc(C)cc2F)CS(C)(=O)=O)ccc1OC. The largest absolute Gasteiger partial charge is 0.493 e. The highest BCUT2D eigenvalue weighted by molar-refractivity contribution is 7.90. The highest BCUT2D eigenvalue weighted by atomic mass is 32.2. The van der Waals surface area contributed by atoms with Gasteiger partial charge in [0.1, 0.15) is 15.7 Å². The summed E-state index contributed by atoms with van der Waals surface area (Å²) in [6.45, 7) is 4.05. The maximum atomic E-state index is 14.5. The Bertz CT molecular complexity index is 889. The van der Waals surface area contributed by atoms with Crippen molar-refractivity contribution in [2.45, 2.75) is 26.2 Å². The van der Waals surface area contributed by atoms with Crippen molar-refractivity contribution < 1.29 is 22.3 Å². The smallest absolute Gasteiger partial charge is 0.161 e. The summed E-state index contributed by atoms with van der Waals surface area (Å²) in [4.78, 5) is 0. The fourth-order valence-electron chi connectivity index (χ4n) is 3.11. The van der Waals surface area contributed by atoms with Gasteiger partial charge in [0, 0.05) is 23.4 Å². The van der Waals surface area contributed by atoms with E-state index in [2.05, 4.69) is 0 Å². The molecule has 0 saturated heterocycles. The van der Waals surface area contributed by atoms with Gasteiger partial charge in [-0.2, -0.15) is 0 Å². The first-order valence-corrected chi connectivity index (χ1v) is 10.7. The molecule has 2 aromatic rings. The third kappa shape index (κ3) is 5.60. The van der Waals surface area contributed by atoms with Crippen molar-refractivity contribution >= 4 is 15.5 Å². The number of rotatable bonds is 8. The van der Waals surface area contributed by atoms with Crippen molar-refractivity contribution in [3.63, 3.8) is 0 Å². The summed E-state index contributed by atoms with van der Waals surface area (Å²) < 4.78 is 49.3. The lowest BCUT2D eigenvalue weighted by atomic mass is 9.91. The number of hydrogen-bond acceptors (Lipinski definition) is 5. The fraction of sp³-hybridized carbons (Fsp3) is 0.400. The standard InChI is InChI=1S/C20H26FNO4S/c1-5-26-20-11-14(6-7-19(20)25-3)15(12-27(4,23)24)10-16-17(21)8-13(2)9-18(16)22/h6-9,11,15H,5,10,12,22H2,1-4H3/t15-/m1/s1. The van der Waals surface area contributed by atoms with Gasteiger partial charge in [0.2, 0.25) is 0 Å². The highest BCUT2D eigenvalue weighted by Gasteiger charge is 2.22. The lowest BCUT2D eigenvalue weighted by molar-refractivity contribution is 0.310. The van der Waals surface area contributed by atoms with E-state index >= 15 is 0 Å². The summed E-state index contributed by atoms with van der Waals surface area (Å²) in [5, 5.41) is 0. The van der Waals surface area contributed by atoms with E-state index in [1.807, 2.05) is 6.92 Å². The van der Waals surface area contributed by atoms with Crippen LogP contribution in [0.5, 0.6) is 11.5 Å². The molecule has 0 bridgehead atoms. The first kappa shape index (κ1) is 21.0. The molecular formula is C20H26FNO4S. The molecule has 0 spiro atoms. The number of hydrogen-bond donors (Lipinski definition) is 1. The van der Waals surface area contributed by atoms with Crippen LogP contribution in [0, 0.1) is 12.7 Å². The number of methoxy groups -OCH3 is 1. The van der Waals surface area contributed by atoms with Crippen LogP contribution in [0.2, 0.25) is 0 Å². The third-order valence-corrected chi connectivity index (χ3v) is 5.30. The monoisotopic (exact) mass is 395 g/mol. The minimum atomic E-state index is -3.30. The normalized spacial score (nSPS) is 12.6. The minimum absolute atomic E-state index is 0.127. The Morgan fingerprint density at radius 1 is 1.19 bits per heavy atom. The molecule has 0 radical (unpaired) electrons. The van der Waals surface area contributed by atoms with Crippen molar-refractivity contribution in [1.82, 2.24) is 0 Å². The van der Waals surface area contributed by atoms with Gasteiger partial charge in [0.05, 0.1) is 19.5 Å². The van der Waals surface area contributed by atoms with E-state index in [-0.39, 0.29) is 12.2 Å².